The Morgan fingerprint density at radius 1 is 1.54 bits per heavy atom. The molecule has 0 bridgehead atoms. The Bertz CT molecular complexity index is 137. The lowest BCUT2D eigenvalue weighted by Gasteiger charge is -2.16. The van der Waals surface area contributed by atoms with Gasteiger partial charge in [-0.2, -0.15) is 0 Å². The van der Waals surface area contributed by atoms with Gasteiger partial charge in [0.05, 0.1) is 6.10 Å². The van der Waals surface area contributed by atoms with E-state index in [2.05, 4.69) is 17.3 Å². The predicted molar refractivity (Wildman–Crippen MR) is 54.8 cm³/mol. The molecule has 1 rings (SSSR count). The third kappa shape index (κ3) is 4.60. The summed E-state index contributed by atoms with van der Waals surface area (Å²) in [5, 5.41) is 12.5. The van der Waals surface area contributed by atoms with Gasteiger partial charge in [0.15, 0.2) is 0 Å². The van der Waals surface area contributed by atoms with Crippen LogP contribution in [0, 0.1) is 0 Å². The largest absolute Gasteiger partial charge is 0.392 e. The molecule has 1 saturated carbocycles. The van der Waals surface area contributed by atoms with E-state index in [0.29, 0.717) is 0 Å². The fourth-order valence-electron chi connectivity index (χ4n) is 1.37. The average Bonchev–Trinajstić information content (AvgIpc) is 2.94. The second kappa shape index (κ2) is 5.58. The first-order valence-electron chi connectivity index (χ1n) is 5.33. The van der Waals surface area contributed by atoms with E-state index >= 15 is 0 Å². The van der Waals surface area contributed by atoms with Crippen LogP contribution in [0.1, 0.15) is 26.2 Å². The first kappa shape index (κ1) is 11.0. The van der Waals surface area contributed by atoms with Crippen LogP contribution in [0.15, 0.2) is 0 Å². The van der Waals surface area contributed by atoms with Gasteiger partial charge in [-0.15, -0.1) is 0 Å². The maximum Gasteiger partial charge on any atom is 0.0662 e. The SMILES string of the molecule is CCC(O)CNCCN(C)C1CC1. The maximum atomic E-state index is 9.27. The summed E-state index contributed by atoms with van der Waals surface area (Å²) < 4.78 is 0. The first-order chi connectivity index (χ1) is 6.24. The minimum atomic E-state index is -0.175. The van der Waals surface area contributed by atoms with Gasteiger partial charge < -0.3 is 15.3 Å². The van der Waals surface area contributed by atoms with Gasteiger partial charge in [-0.3, -0.25) is 0 Å². The zero-order chi connectivity index (χ0) is 9.68. The van der Waals surface area contributed by atoms with E-state index in [1.165, 1.54) is 12.8 Å². The molecule has 0 spiro atoms. The third-order valence-electron chi connectivity index (χ3n) is 2.66. The third-order valence-corrected chi connectivity index (χ3v) is 2.66. The number of rotatable bonds is 7. The van der Waals surface area contributed by atoms with Crippen molar-refractivity contribution in [3.05, 3.63) is 0 Å². The van der Waals surface area contributed by atoms with Crippen LogP contribution in [0.5, 0.6) is 0 Å². The number of aliphatic hydroxyl groups is 1. The molecule has 0 aromatic rings. The molecular weight excluding hydrogens is 164 g/mol. The van der Waals surface area contributed by atoms with Crippen molar-refractivity contribution in [1.82, 2.24) is 10.2 Å². The van der Waals surface area contributed by atoms with E-state index in [1.54, 1.807) is 0 Å². The zero-order valence-corrected chi connectivity index (χ0v) is 8.79. The molecule has 0 aromatic heterocycles. The van der Waals surface area contributed by atoms with Gasteiger partial charge in [-0.05, 0) is 26.3 Å². The molecule has 3 nitrogen and oxygen atoms in total. The van der Waals surface area contributed by atoms with E-state index in [1.807, 2.05) is 6.92 Å². The number of aliphatic hydroxyl groups excluding tert-OH is 1. The molecule has 0 heterocycles. The van der Waals surface area contributed by atoms with E-state index in [0.717, 1.165) is 32.1 Å². The van der Waals surface area contributed by atoms with E-state index in [9.17, 15) is 5.11 Å². The average molecular weight is 186 g/mol. The van der Waals surface area contributed by atoms with Gasteiger partial charge >= 0.3 is 0 Å². The van der Waals surface area contributed by atoms with Crippen LogP contribution < -0.4 is 5.32 Å². The normalized spacial score (nSPS) is 19.4. The molecule has 1 atom stereocenters. The van der Waals surface area contributed by atoms with Gasteiger partial charge in [0.25, 0.3) is 0 Å². The Balaban J connectivity index is 1.88. The standard InChI is InChI=1S/C10H22N2O/c1-3-10(13)8-11-6-7-12(2)9-4-5-9/h9-11,13H,3-8H2,1-2H3. The summed E-state index contributed by atoms with van der Waals surface area (Å²) in [7, 11) is 2.18. The number of likely N-dealkylation sites (N-methyl/N-ethyl adjacent to an activating group) is 1. The molecule has 78 valence electrons. The Morgan fingerprint density at radius 2 is 2.23 bits per heavy atom. The molecule has 1 unspecified atom stereocenters. The Labute approximate surface area is 81.1 Å². The predicted octanol–water partition coefficient (Wildman–Crippen LogP) is 0.441. The van der Waals surface area contributed by atoms with E-state index in [4.69, 9.17) is 0 Å². The summed E-state index contributed by atoms with van der Waals surface area (Å²) in [5.41, 5.74) is 0. The van der Waals surface area contributed by atoms with Gasteiger partial charge in [0, 0.05) is 25.7 Å². The maximum absolute atomic E-state index is 9.27. The highest BCUT2D eigenvalue weighted by Crippen LogP contribution is 2.24. The second-order valence-electron chi connectivity index (χ2n) is 3.98. The summed E-state index contributed by atoms with van der Waals surface area (Å²) in [6, 6.07) is 0.845. The highest BCUT2D eigenvalue weighted by atomic mass is 16.3. The second-order valence-corrected chi connectivity index (χ2v) is 3.98. The number of hydrogen-bond donors (Lipinski definition) is 2. The Hall–Kier alpha value is -0.120. The molecule has 3 heteroatoms. The highest BCUT2D eigenvalue weighted by Gasteiger charge is 2.25. The number of hydrogen-bond acceptors (Lipinski definition) is 3. The van der Waals surface area contributed by atoms with Crippen molar-refractivity contribution in [1.29, 1.82) is 0 Å². The molecule has 1 aliphatic carbocycles. The molecule has 13 heavy (non-hydrogen) atoms. The fourth-order valence-corrected chi connectivity index (χ4v) is 1.37. The van der Waals surface area contributed by atoms with Gasteiger partial charge in [0.2, 0.25) is 0 Å². The lowest BCUT2D eigenvalue weighted by atomic mass is 10.3. The molecule has 0 aliphatic heterocycles. The van der Waals surface area contributed by atoms with E-state index < -0.39 is 0 Å². The minimum Gasteiger partial charge on any atom is -0.392 e. The molecule has 0 aromatic carbocycles. The molecule has 0 amide bonds. The molecule has 1 fully saturated rings. The van der Waals surface area contributed by atoms with Crippen molar-refractivity contribution in [2.45, 2.75) is 38.3 Å². The van der Waals surface area contributed by atoms with Crippen molar-refractivity contribution >= 4 is 0 Å². The van der Waals surface area contributed by atoms with Crippen LogP contribution in [-0.2, 0) is 0 Å². The molecule has 0 radical (unpaired) electrons. The summed E-state index contributed by atoms with van der Waals surface area (Å²) in [6.45, 7) is 4.82. The van der Waals surface area contributed by atoms with Crippen LogP contribution in [0.2, 0.25) is 0 Å². The van der Waals surface area contributed by atoms with Crippen molar-refractivity contribution in [3.63, 3.8) is 0 Å². The van der Waals surface area contributed by atoms with Crippen molar-refractivity contribution in [2.75, 3.05) is 26.7 Å². The first-order valence-corrected chi connectivity index (χ1v) is 5.33. The van der Waals surface area contributed by atoms with Crippen LogP contribution in [0.25, 0.3) is 0 Å². The zero-order valence-electron chi connectivity index (χ0n) is 8.79. The van der Waals surface area contributed by atoms with Gasteiger partial charge in [-0.1, -0.05) is 6.92 Å². The van der Waals surface area contributed by atoms with Gasteiger partial charge in [-0.25, -0.2) is 0 Å². The Morgan fingerprint density at radius 3 is 2.77 bits per heavy atom. The lowest BCUT2D eigenvalue weighted by molar-refractivity contribution is 0.166. The molecular formula is C10H22N2O. The summed E-state index contributed by atoms with van der Waals surface area (Å²) >= 11 is 0. The van der Waals surface area contributed by atoms with Crippen molar-refractivity contribution in [2.24, 2.45) is 0 Å². The van der Waals surface area contributed by atoms with Crippen LogP contribution in [0.3, 0.4) is 0 Å². The summed E-state index contributed by atoms with van der Waals surface area (Å²) in [6.07, 6.45) is 3.40. The number of nitrogens with one attached hydrogen (secondary N) is 1. The molecule has 1 aliphatic rings. The molecule has 2 N–H and O–H groups in total. The smallest absolute Gasteiger partial charge is 0.0662 e. The summed E-state index contributed by atoms with van der Waals surface area (Å²) in [5.74, 6) is 0. The minimum absolute atomic E-state index is 0.175. The van der Waals surface area contributed by atoms with Crippen LogP contribution >= 0.6 is 0 Å². The fraction of sp³-hybridized carbons (Fsp3) is 1.00. The van der Waals surface area contributed by atoms with Crippen molar-refractivity contribution < 1.29 is 5.11 Å². The van der Waals surface area contributed by atoms with Gasteiger partial charge in [0.1, 0.15) is 0 Å². The molecule has 0 saturated heterocycles. The van der Waals surface area contributed by atoms with Crippen LogP contribution in [0.4, 0.5) is 0 Å². The quantitative estimate of drug-likeness (QED) is 0.566. The lowest BCUT2D eigenvalue weighted by Crippen LogP contribution is -2.34. The highest BCUT2D eigenvalue weighted by molar-refractivity contribution is 4.82. The van der Waals surface area contributed by atoms with Crippen molar-refractivity contribution in [3.8, 4) is 0 Å². The number of nitrogens with zero attached hydrogens (tertiary/aromatic N) is 1. The Kier molecular flexibility index (Phi) is 4.70. The van der Waals surface area contributed by atoms with Crippen LogP contribution in [-0.4, -0.2) is 48.8 Å². The topological polar surface area (TPSA) is 35.5 Å². The van der Waals surface area contributed by atoms with E-state index in [-0.39, 0.29) is 6.10 Å². The monoisotopic (exact) mass is 186 g/mol. The summed E-state index contributed by atoms with van der Waals surface area (Å²) in [4.78, 5) is 2.39.